The van der Waals surface area contributed by atoms with Crippen LogP contribution in [0.25, 0.3) is 0 Å². The Balaban J connectivity index is 1.99. The molecular weight excluding hydrogens is 278 g/mol. The maximum absolute atomic E-state index is 12.5. The number of carbonyl (C=O) groups excluding carboxylic acids is 1. The standard InChI is InChI=1S/C17H27N3O2/c1-12-6-4-5-7-16(12)19-9-15(8-18)17(21)20-10-13(2)22-14(3)11-20/h9,12-14,16,19H,4-7,10-11H2,1-3H3/b15-9-. The second-order valence-electron chi connectivity index (χ2n) is 6.67. The molecule has 2 fully saturated rings. The van der Waals surface area contributed by atoms with Gasteiger partial charge in [-0.05, 0) is 32.6 Å². The summed E-state index contributed by atoms with van der Waals surface area (Å²) in [5, 5.41) is 12.6. The molecule has 1 N–H and O–H groups in total. The van der Waals surface area contributed by atoms with Crippen molar-refractivity contribution < 1.29 is 9.53 Å². The Kier molecular flexibility index (Phi) is 5.84. The van der Waals surface area contributed by atoms with Crippen LogP contribution in [0.4, 0.5) is 0 Å². The first-order valence-electron chi connectivity index (χ1n) is 8.32. The molecule has 1 aliphatic heterocycles. The third-order valence-electron chi connectivity index (χ3n) is 4.61. The van der Waals surface area contributed by atoms with E-state index in [0.717, 1.165) is 6.42 Å². The minimum absolute atomic E-state index is 0.0129. The summed E-state index contributed by atoms with van der Waals surface area (Å²) < 4.78 is 5.64. The molecule has 1 aliphatic carbocycles. The Morgan fingerprint density at radius 2 is 1.86 bits per heavy atom. The molecule has 22 heavy (non-hydrogen) atoms. The van der Waals surface area contributed by atoms with Crippen LogP contribution in [0.15, 0.2) is 11.8 Å². The van der Waals surface area contributed by atoms with Crippen molar-refractivity contribution in [1.29, 1.82) is 5.26 Å². The number of rotatable bonds is 3. The summed E-state index contributed by atoms with van der Waals surface area (Å²) >= 11 is 0. The molecule has 1 saturated heterocycles. The topological polar surface area (TPSA) is 65.4 Å². The van der Waals surface area contributed by atoms with Crippen molar-refractivity contribution in [3.63, 3.8) is 0 Å². The van der Waals surface area contributed by atoms with E-state index in [1.807, 2.05) is 19.9 Å². The Hall–Kier alpha value is -1.54. The molecule has 0 aromatic rings. The SMILES string of the molecule is CC1CN(C(=O)/C(C#N)=C\NC2CCCCC2C)CC(C)O1. The number of carbonyl (C=O) groups is 1. The van der Waals surface area contributed by atoms with Crippen LogP contribution in [-0.2, 0) is 9.53 Å². The molecule has 5 nitrogen and oxygen atoms in total. The predicted octanol–water partition coefficient (Wildman–Crippen LogP) is 2.20. The van der Waals surface area contributed by atoms with Gasteiger partial charge in [-0.1, -0.05) is 19.8 Å². The number of ether oxygens (including phenoxy) is 1. The number of amides is 1. The van der Waals surface area contributed by atoms with Gasteiger partial charge in [0.05, 0.1) is 12.2 Å². The Morgan fingerprint density at radius 3 is 2.45 bits per heavy atom. The van der Waals surface area contributed by atoms with Gasteiger partial charge in [-0.25, -0.2) is 0 Å². The Bertz CT molecular complexity index is 459. The number of nitrogens with zero attached hydrogens (tertiary/aromatic N) is 2. The molecule has 4 atom stereocenters. The first kappa shape index (κ1) is 16.8. The van der Waals surface area contributed by atoms with Gasteiger partial charge >= 0.3 is 0 Å². The third kappa shape index (κ3) is 4.23. The van der Waals surface area contributed by atoms with Crippen LogP contribution in [0.1, 0.15) is 46.5 Å². The van der Waals surface area contributed by atoms with Crippen LogP contribution >= 0.6 is 0 Å². The zero-order chi connectivity index (χ0) is 16.1. The lowest BCUT2D eigenvalue weighted by molar-refractivity contribution is -0.138. The Morgan fingerprint density at radius 1 is 1.23 bits per heavy atom. The molecule has 2 aliphatic rings. The van der Waals surface area contributed by atoms with Crippen LogP contribution in [0.5, 0.6) is 0 Å². The number of nitriles is 1. The molecule has 0 aromatic carbocycles. The number of morpholine rings is 1. The summed E-state index contributed by atoms with van der Waals surface area (Å²) in [6, 6.07) is 2.42. The summed E-state index contributed by atoms with van der Waals surface area (Å²) in [5.74, 6) is 0.393. The van der Waals surface area contributed by atoms with Crippen LogP contribution in [-0.4, -0.2) is 42.1 Å². The van der Waals surface area contributed by atoms with E-state index < -0.39 is 0 Å². The molecule has 0 bridgehead atoms. The maximum Gasteiger partial charge on any atom is 0.266 e. The van der Waals surface area contributed by atoms with Crippen molar-refractivity contribution in [2.75, 3.05) is 13.1 Å². The molecule has 0 radical (unpaired) electrons. The fourth-order valence-corrected chi connectivity index (χ4v) is 3.41. The van der Waals surface area contributed by atoms with E-state index in [2.05, 4.69) is 12.2 Å². The van der Waals surface area contributed by atoms with E-state index in [1.54, 1.807) is 11.1 Å². The normalized spacial score (nSPS) is 33.2. The molecule has 5 heteroatoms. The van der Waals surface area contributed by atoms with Crippen LogP contribution in [0.3, 0.4) is 0 Å². The highest BCUT2D eigenvalue weighted by molar-refractivity contribution is 5.97. The zero-order valence-electron chi connectivity index (χ0n) is 13.8. The number of nitrogens with one attached hydrogen (secondary N) is 1. The van der Waals surface area contributed by atoms with Crippen LogP contribution in [0.2, 0.25) is 0 Å². The summed E-state index contributed by atoms with van der Waals surface area (Å²) in [6.07, 6.45) is 6.45. The molecular formula is C17H27N3O2. The van der Waals surface area contributed by atoms with E-state index in [-0.39, 0.29) is 23.7 Å². The lowest BCUT2D eigenvalue weighted by Crippen LogP contribution is -2.48. The fraction of sp³-hybridized carbons (Fsp3) is 0.765. The van der Waals surface area contributed by atoms with E-state index in [4.69, 9.17) is 4.74 Å². The van der Waals surface area contributed by atoms with Gasteiger partial charge in [-0.2, -0.15) is 5.26 Å². The molecule has 1 heterocycles. The maximum atomic E-state index is 12.5. The molecule has 1 saturated carbocycles. The fourth-order valence-electron chi connectivity index (χ4n) is 3.41. The monoisotopic (exact) mass is 305 g/mol. The average molecular weight is 305 g/mol. The van der Waals surface area contributed by atoms with Gasteiger partial charge in [-0.3, -0.25) is 4.79 Å². The van der Waals surface area contributed by atoms with Gasteiger partial charge in [0, 0.05) is 25.3 Å². The van der Waals surface area contributed by atoms with Gasteiger partial charge in [-0.15, -0.1) is 0 Å². The lowest BCUT2D eigenvalue weighted by Gasteiger charge is -2.35. The molecule has 0 spiro atoms. The smallest absolute Gasteiger partial charge is 0.266 e. The largest absolute Gasteiger partial charge is 0.387 e. The van der Waals surface area contributed by atoms with Crippen molar-refractivity contribution in [2.24, 2.45) is 5.92 Å². The van der Waals surface area contributed by atoms with E-state index in [9.17, 15) is 10.1 Å². The van der Waals surface area contributed by atoms with E-state index in [1.165, 1.54) is 19.3 Å². The van der Waals surface area contributed by atoms with Crippen LogP contribution < -0.4 is 5.32 Å². The highest BCUT2D eigenvalue weighted by atomic mass is 16.5. The van der Waals surface area contributed by atoms with Gasteiger partial charge < -0.3 is 15.0 Å². The minimum atomic E-state index is -0.194. The first-order chi connectivity index (χ1) is 10.5. The van der Waals surface area contributed by atoms with Gasteiger partial charge in [0.25, 0.3) is 5.91 Å². The molecule has 2 rings (SSSR count). The Labute approximate surface area is 133 Å². The second kappa shape index (κ2) is 7.64. The molecule has 4 unspecified atom stereocenters. The summed E-state index contributed by atoms with van der Waals surface area (Å²) in [5.41, 5.74) is 0.194. The third-order valence-corrected chi connectivity index (χ3v) is 4.61. The van der Waals surface area contributed by atoms with Crippen molar-refractivity contribution in [3.8, 4) is 6.07 Å². The minimum Gasteiger partial charge on any atom is -0.387 e. The van der Waals surface area contributed by atoms with Crippen molar-refractivity contribution in [2.45, 2.75) is 64.7 Å². The highest BCUT2D eigenvalue weighted by Crippen LogP contribution is 2.23. The molecule has 0 aromatic heterocycles. The second-order valence-corrected chi connectivity index (χ2v) is 6.67. The van der Waals surface area contributed by atoms with Crippen molar-refractivity contribution >= 4 is 5.91 Å². The summed E-state index contributed by atoms with van der Waals surface area (Å²) in [4.78, 5) is 14.2. The summed E-state index contributed by atoms with van der Waals surface area (Å²) in [6.45, 7) is 7.22. The van der Waals surface area contributed by atoms with E-state index >= 15 is 0 Å². The van der Waals surface area contributed by atoms with Crippen molar-refractivity contribution in [1.82, 2.24) is 10.2 Å². The van der Waals surface area contributed by atoms with Gasteiger partial charge in [0.15, 0.2) is 0 Å². The van der Waals surface area contributed by atoms with E-state index in [0.29, 0.717) is 25.0 Å². The first-order valence-corrected chi connectivity index (χ1v) is 8.32. The summed E-state index contributed by atoms with van der Waals surface area (Å²) in [7, 11) is 0. The van der Waals surface area contributed by atoms with Crippen LogP contribution in [0, 0.1) is 17.2 Å². The van der Waals surface area contributed by atoms with Crippen molar-refractivity contribution in [3.05, 3.63) is 11.8 Å². The molecule has 1 amide bonds. The highest BCUT2D eigenvalue weighted by Gasteiger charge is 2.28. The predicted molar refractivity (Wildman–Crippen MR) is 84.8 cm³/mol. The lowest BCUT2D eigenvalue weighted by atomic mass is 9.86. The quantitative estimate of drug-likeness (QED) is 0.641. The number of hydrogen-bond donors (Lipinski definition) is 1. The average Bonchev–Trinajstić information content (AvgIpc) is 2.48. The van der Waals surface area contributed by atoms with Gasteiger partial charge in [0.1, 0.15) is 11.6 Å². The zero-order valence-corrected chi connectivity index (χ0v) is 13.8. The number of hydrogen-bond acceptors (Lipinski definition) is 4. The van der Waals surface area contributed by atoms with Gasteiger partial charge in [0.2, 0.25) is 0 Å². The molecule has 122 valence electrons.